The van der Waals surface area contributed by atoms with Gasteiger partial charge in [0.25, 0.3) is 0 Å². The van der Waals surface area contributed by atoms with Crippen LogP contribution in [-0.2, 0) is 4.79 Å². The number of piperidine rings is 1. The highest BCUT2D eigenvalue weighted by Gasteiger charge is 2.27. The molecule has 1 fully saturated rings. The molecule has 128 valence electrons. The van der Waals surface area contributed by atoms with Crippen molar-refractivity contribution in [2.24, 2.45) is 11.7 Å². The minimum absolute atomic E-state index is 0.111. The summed E-state index contributed by atoms with van der Waals surface area (Å²) in [6.45, 7) is 3.60. The SMILES string of the molecule is Cc1ccc(-c2csc3ncnc(N4CCCC(C(N)=O)C4)c23)cc1. The van der Waals surface area contributed by atoms with Crippen LogP contribution in [0, 0.1) is 12.8 Å². The number of aryl methyl sites for hydroxylation is 1. The van der Waals surface area contributed by atoms with Gasteiger partial charge in [-0.25, -0.2) is 9.97 Å². The smallest absolute Gasteiger partial charge is 0.222 e. The maximum absolute atomic E-state index is 11.6. The third-order valence-corrected chi connectivity index (χ3v) is 5.72. The third kappa shape index (κ3) is 2.98. The normalized spacial score (nSPS) is 17.8. The van der Waals surface area contributed by atoms with Crippen LogP contribution >= 0.6 is 11.3 Å². The Labute approximate surface area is 150 Å². The highest BCUT2D eigenvalue weighted by Crippen LogP contribution is 2.38. The van der Waals surface area contributed by atoms with Crippen LogP contribution < -0.4 is 10.6 Å². The van der Waals surface area contributed by atoms with Crippen molar-refractivity contribution in [1.29, 1.82) is 0 Å². The molecule has 0 aliphatic carbocycles. The fraction of sp³-hybridized carbons (Fsp3) is 0.316. The van der Waals surface area contributed by atoms with Gasteiger partial charge in [0.2, 0.25) is 5.91 Å². The van der Waals surface area contributed by atoms with E-state index in [0.717, 1.165) is 46.5 Å². The summed E-state index contributed by atoms with van der Waals surface area (Å²) in [5, 5.41) is 3.21. The first-order valence-electron chi connectivity index (χ1n) is 8.47. The number of benzene rings is 1. The van der Waals surface area contributed by atoms with Crippen molar-refractivity contribution in [3.05, 3.63) is 41.5 Å². The first kappa shape index (κ1) is 16.0. The number of nitrogens with two attached hydrogens (primary N) is 1. The monoisotopic (exact) mass is 352 g/mol. The summed E-state index contributed by atoms with van der Waals surface area (Å²) < 4.78 is 0. The zero-order valence-electron chi connectivity index (χ0n) is 14.1. The number of carbonyl (C=O) groups is 1. The van der Waals surface area contributed by atoms with E-state index in [-0.39, 0.29) is 11.8 Å². The van der Waals surface area contributed by atoms with Gasteiger partial charge in [0.15, 0.2) is 0 Å². The molecular weight excluding hydrogens is 332 g/mol. The highest BCUT2D eigenvalue weighted by molar-refractivity contribution is 7.17. The lowest BCUT2D eigenvalue weighted by Gasteiger charge is -2.32. The molecular formula is C19H20N4OS. The number of amides is 1. The minimum Gasteiger partial charge on any atom is -0.369 e. The fourth-order valence-electron chi connectivity index (χ4n) is 3.45. The van der Waals surface area contributed by atoms with Crippen LogP contribution in [0.25, 0.3) is 21.3 Å². The van der Waals surface area contributed by atoms with Crippen LogP contribution in [0.5, 0.6) is 0 Å². The van der Waals surface area contributed by atoms with E-state index in [1.165, 1.54) is 5.56 Å². The van der Waals surface area contributed by atoms with E-state index in [1.807, 2.05) is 0 Å². The van der Waals surface area contributed by atoms with Crippen molar-refractivity contribution in [3.8, 4) is 11.1 Å². The molecule has 3 aromatic rings. The van der Waals surface area contributed by atoms with Gasteiger partial charge < -0.3 is 10.6 Å². The molecule has 6 heteroatoms. The van der Waals surface area contributed by atoms with Crippen molar-refractivity contribution >= 4 is 33.3 Å². The minimum atomic E-state index is -0.223. The molecule has 4 rings (SSSR count). The van der Waals surface area contributed by atoms with Crippen LogP contribution in [-0.4, -0.2) is 29.0 Å². The molecule has 1 aliphatic heterocycles. The number of nitrogens with zero attached hydrogens (tertiary/aromatic N) is 3. The molecule has 25 heavy (non-hydrogen) atoms. The van der Waals surface area contributed by atoms with Gasteiger partial charge in [-0.05, 0) is 25.3 Å². The van der Waals surface area contributed by atoms with E-state index >= 15 is 0 Å². The predicted molar refractivity (Wildman–Crippen MR) is 102 cm³/mol. The number of rotatable bonds is 3. The molecule has 2 N–H and O–H groups in total. The summed E-state index contributed by atoms with van der Waals surface area (Å²) in [5.74, 6) is 0.576. The Bertz CT molecular complexity index is 919. The van der Waals surface area contributed by atoms with Crippen molar-refractivity contribution in [1.82, 2.24) is 9.97 Å². The largest absolute Gasteiger partial charge is 0.369 e. The zero-order chi connectivity index (χ0) is 17.4. The highest BCUT2D eigenvalue weighted by atomic mass is 32.1. The van der Waals surface area contributed by atoms with E-state index in [4.69, 9.17) is 5.73 Å². The molecule has 0 spiro atoms. The van der Waals surface area contributed by atoms with Crippen LogP contribution in [0.15, 0.2) is 36.0 Å². The van der Waals surface area contributed by atoms with Crippen LogP contribution in [0.4, 0.5) is 5.82 Å². The molecule has 1 saturated heterocycles. The molecule has 1 atom stereocenters. The average Bonchev–Trinajstić information content (AvgIpc) is 3.06. The molecule has 1 aliphatic rings. The summed E-state index contributed by atoms with van der Waals surface area (Å²) in [4.78, 5) is 23.8. The first-order chi connectivity index (χ1) is 12.1. The second kappa shape index (κ2) is 6.44. The Balaban J connectivity index is 1.80. The number of primary amides is 1. The molecule has 2 aromatic heterocycles. The Morgan fingerprint density at radius 1 is 1.28 bits per heavy atom. The van der Waals surface area contributed by atoms with Crippen molar-refractivity contribution in [3.63, 3.8) is 0 Å². The van der Waals surface area contributed by atoms with Gasteiger partial charge in [0.05, 0.1) is 11.3 Å². The maximum atomic E-state index is 11.6. The molecule has 5 nitrogen and oxygen atoms in total. The number of carbonyl (C=O) groups excluding carboxylic acids is 1. The van der Waals surface area contributed by atoms with Gasteiger partial charge in [-0.2, -0.15) is 0 Å². The first-order valence-corrected chi connectivity index (χ1v) is 9.35. The molecule has 0 radical (unpaired) electrons. The quantitative estimate of drug-likeness (QED) is 0.784. The van der Waals surface area contributed by atoms with E-state index in [0.29, 0.717) is 6.54 Å². The maximum Gasteiger partial charge on any atom is 0.222 e. The molecule has 0 saturated carbocycles. The van der Waals surface area contributed by atoms with Crippen molar-refractivity contribution in [2.75, 3.05) is 18.0 Å². The lowest BCUT2D eigenvalue weighted by Crippen LogP contribution is -2.41. The van der Waals surface area contributed by atoms with Crippen LogP contribution in [0.2, 0.25) is 0 Å². The van der Waals surface area contributed by atoms with Gasteiger partial charge in [-0.1, -0.05) is 29.8 Å². The zero-order valence-corrected chi connectivity index (χ0v) is 14.9. The molecule has 1 unspecified atom stereocenters. The van der Waals surface area contributed by atoms with Gasteiger partial charge >= 0.3 is 0 Å². The average molecular weight is 352 g/mol. The second-order valence-corrected chi connectivity index (χ2v) is 7.44. The van der Waals surface area contributed by atoms with Gasteiger partial charge in [0, 0.05) is 24.0 Å². The Hall–Kier alpha value is -2.47. The number of aromatic nitrogens is 2. The summed E-state index contributed by atoms with van der Waals surface area (Å²) in [6.07, 6.45) is 3.42. The Kier molecular flexibility index (Phi) is 4.13. The van der Waals surface area contributed by atoms with E-state index in [2.05, 4.69) is 51.4 Å². The van der Waals surface area contributed by atoms with Crippen molar-refractivity contribution < 1.29 is 4.79 Å². The number of hydrogen-bond donors (Lipinski definition) is 1. The van der Waals surface area contributed by atoms with E-state index < -0.39 is 0 Å². The van der Waals surface area contributed by atoms with Crippen molar-refractivity contribution in [2.45, 2.75) is 19.8 Å². The predicted octanol–water partition coefficient (Wildman–Crippen LogP) is 3.37. The second-order valence-electron chi connectivity index (χ2n) is 6.58. The topological polar surface area (TPSA) is 72.1 Å². The Morgan fingerprint density at radius 2 is 2.08 bits per heavy atom. The summed E-state index contributed by atoms with van der Waals surface area (Å²) in [7, 11) is 0. The van der Waals surface area contributed by atoms with Crippen LogP contribution in [0.3, 0.4) is 0 Å². The summed E-state index contributed by atoms with van der Waals surface area (Å²) >= 11 is 1.63. The summed E-state index contributed by atoms with van der Waals surface area (Å²) in [5.41, 5.74) is 9.09. The summed E-state index contributed by atoms with van der Waals surface area (Å²) in [6, 6.07) is 8.50. The molecule has 1 amide bonds. The van der Waals surface area contributed by atoms with Crippen LogP contribution in [0.1, 0.15) is 18.4 Å². The van der Waals surface area contributed by atoms with E-state index in [1.54, 1.807) is 17.7 Å². The molecule has 1 aromatic carbocycles. The molecule has 3 heterocycles. The Morgan fingerprint density at radius 3 is 2.84 bits per heavy atom. The number of hydrogen-bond acceptors (Lipinski definition) is 5. The molecule has 0 bridgehead atoms. The standard InChI is InChI=1S/C19H20N4OS/c1-12-4-6-13(7-5-12)15-10-25-19-16(15)18(21-11-22-19)23-8-2-3-14(9-23)17(20)24/h4-7,10-11,14H,2-3,8-9H2,1H3,(H2,20,24). The fourth-order valence-corrected chi connectivity index (χ4v) is 4.36. The lowest BCUT2D eigenvalue weighted by molar-refractivity contribution is -0.122. The van der Waals surface area contributed by atoms with Gasteiger partial charge in [-0.15, -0.1) is 11.3 Å². The number of anilines is 1. The number of fused-ring (bicyclic) bond motifs is 1. The van der Waals surface area contributed by atoms with E-state index in [9.17, 15) is 4.79 Å². The number of thiophene rings is 1. The third-order valence-electron chi connectivity index (χ3n) is 4.84. The lowest BCUT2D eigenvalue weighted by atomic mass is 9.97. The van der Waals surface area contributed by atoms with Gasteiger partial charge in [-0.3, -0.25) is 4.79 Å². The van der Waals surface area contributed by atoms with Gasteiger partial charge in [0.1, 0.15) is 17.0 Å².